The average Bonchev–Trinajstić information content (AvgIpc) is 3.07. The summed E-state index contributed by atoms with van der Waals surface area (Å²) >= 11 is 0. The van der Waals surface area contributed by atoms with E-state index in [1.165, 1.54) is 0 Å². The molecule has 4 N–H and O–H groups in total. The molecule has 0 spiro atoms. The number of amides is 1. The summed E-state index contributed by atoms with van der Waals surface area (Å²) in [7, 11) is 0. The van der Waals surface area contributed by atoms with Crippen LogP contribution in [-0.4, -0.2) is 40.9 Å². The number of aliphatic hydroxyl groups is 2. The smallest absolute Gasteiger partial charge is 0.225 e. The van der Waals surface area contributed by atoms with Gasteiger partial charge in [-0.25, -0.2) is 0 Å². The lowest BCUT2D eigenvalue weighted by atomic mass is 9.95. The highest BCUT2D eigenvalue weighted by molar-refractivity contribution is 5.79. The minimum atomic E-state index is -0.765. The molecule has 1 aromatic rings. The normalized spacial score (nSPS) is 23.5. The molecule has 1 heterocycles. The van der Waals surface area contributed by atoms with Gasteiger partial charge in [0.1, 0.15) is 0 Å². The molecule has 1 saturated heterocycles. The molecule has 0 aliphatic carbocycles. The molecule has 1 aromatic carbocycles. The highest BCUT2D eigenvalue weighted by atomic mass is 16.3. The third kappa shape index (κ3) is 4.06. The van der Waals surface area contributed by atoms with Crippen LogP contribution in [0.2, 0.25) is 0 Å². The summed E-state index contributed by atoms with van der Waals surface area (Å²) in [5.41, 5.74) is 0.765. The number of carbonyl (C=O) groups is 1. The Kier molecular flexibility index (Phi) is 5.94. The van der Waals surface area contributed by atoms with Gasteiger partial charge in [-0.05, 0) is 31.9 Å². The van der Waals surface area contributed by atoms with Crippen molar-refractivity contribution < 1.29 is 15.0 Å². The largest absolute Gasteiger partial charge is 0.391 e. The van der Waals surface area contributed by atoms with Crippen molar-refractivity contribution in [2.75, 3.05) is 6.54 Å². The molecule has 5 heteroatoms. The van der Waals surface area contributed by atoms with Crippen molar-refractivity contribution >= 4 is 5.91 Å². The van der Waals surface area contributed by atoms with Gasteiger partial charge in [0.15, 0.2) is 0 Å². The minimum Gasteiger partial charge on any atom is -0.391 e. The number of benzene rings is 1. The number of hydrogen-bond acceptors (Lipinski definition) is 4. The first-order chi connectivity index (χ1) is 10.5. The van der Waals surface area contributed by atoms with Crippen molar-refractivity contribution in [2.45, 2.75) is 51.0 Å². The number of aliphatic hydroxyl groups excluding tert-OH is 2. The fraction of sp³-hybridized carbons (Fsp3) is 0.588. The summed E-state index contributed by atoms with van der Waals surface area (Å²) in [5.74, 6) is -0.746. The van der Waals surface area contributed by atoms with E-state index in [4.69, 9.17) is 0 Å². The summed E-state index contributed by atoms with van der Waals surface area (Å²) in [6, 6.07) is 8.81. The molecule has 2 rings (SSSR count). The zero-order valence-corrected chi connectivity index (χ0v) is 13.2. The van der Waals surface area contributed by atoms with Crippen molar-refractivity contribution in [3.63, 3.8) is 0 Å². The van der Waals surface area contributed by atoms with E-state index in [9.17, 15) is 15.0 Å². The Labute approximate surface area is 131 Å². The number of hydrogen-bond donors (Lipinski definition) is 4. The molecular weight excluding hydrogens is 280 g/mol. The zero-order chi connectivity index (χ0) is 16.1. The summed E-state index contributed by atoms with van der Waals surface area (Å²) in [5, 5.41) is 26.6. The Balaban J connectivity index is 1.90. The predicted octanol–water partition coefficient (Wildman–Crippen LogP) is 0.974. The van der Waals surface area contributed by atoms with Crippen LogP contribution in [0.3, 0.4) is 0 Å². The second-order valence-corrected chi connectivity index (χ2v) is 6.13. The molecule has 1 fully saturated rings. The maximum atomic E-state index is 12.3. The maximum Gasteiger partial charge on any atom is 0.225 e. The van der Waals surface area contributed by atoms with Crippen molar-refractivity contribution in [1.29, 1.82) is 0 Å². The third-order valence-electron chi connectivity index (χ3n) is 4.42. The molecule has 1 aliphatic heterocycles. The van der Waals surface area contributed by atoms with Gasteiger partial charge in [-0.2, -0.15) is 0 Å². The van der Waals surface area contributed by atoms with Gasteiger partial charge in [-0.3, -0.25) is 4.79 Å². The molecule has 22 heavy (non-hydrogen) atoms. The lowest BCUT2D eigenvalue weighted by Gasteiger charge is -2.27. The maximum absolute atomic E-state index is 12.3. The number of carbonyl (C=O) groups excluding carboxylic acids is 1. The van der Waals surface area contributed by atoms with Crippen molar-refractivity contribution in [3.05, 3.63) is 35.9 Å². The monoisotopic (exact) mass is 306 g/mol. The van der Waals surface area contributed by atoms with E-state index >= 15 is 0 Å². The standard InChI is InChI=1S/C17H26N2O3/c1-11(15(20)14-9-6-10-18-14)17(22)19-12(2)16(21)13-7-4-3-5-8-13/h3-5,7-8,11-12,14-16,18,20-21H,6,9-10H2,1-2H3,(H,19,22)/t11-,12-,14+,15-,16-/m1/s1. The van der Waals surface area contributed by atoms with Gasteiger partial charge in [0.05, 0.1) is 24.2 Å². The number of rotatable bonds is 6. The Bertz CT molecular complexity index is 474. The predicted molar refractivity (Wildman–Crippen MR) is 85.2 cm³/mol. The van der Waals surface area contributed by atoms with Gasteiger partial charge in [-0.1, -0.05) is 37.3 Å². The Morgan fingerprint density at radius 1 is 1.27 bits per heavy atom. The van der Waals surface area contributed by atoms with Gasteiger partial charge >= 0.3 is 0 Å². The van der Waals surface area contributed by atoms with E-state index < -0.39 is 24.2 Å². The van der Waals surface area contributed by atoms with Gasteiger partial charge in [-0.15, -0.1) is 0 Å². The van der Waals surface area contributed by atoms with Crippen molar-refractivity contribution in [3.8, 4) is 0 Å². The van der Waals surface area contributed by atoms with Crippen LogP contribution in [0.5, 0.6) is 0 Å². The van der Waals surface area contributed by atoms with Crippen molar-refractivity contribution in [1.82, 2.24) is 10.6 Å². The fourth-order valence-corrected chi connectivity index (χ4v) is 2.88. The highest BCUT2D eigenvalue weighted by Gasteiger charge is 2.32. The SMILES string of the molecule is C[C@@H](NC(=O)[C@H](C)[C@@H](O)[C@@H]1CCCN1)[C@@H](O)c1ccccc1. The fourth-order valence-electron chi connectivity index (χ4n) is 2.88. The lowest BCUT2D eigenvalue weighted by molar-refractivity contribution is -0.129. The van der Waals surface area contributed by atoms with Gasteiger partial charge in [0.25, 0.3) is 0 Å². The molecule has 0 saturated carbocycles. The molecule has 5 nitrogen and oxygen atoms in total. The van der Waals surface area contributed by atoms with E-state index in [-0.39, 0.29) is 11.9 Å². The lowest BCUT2D eigenvalue weighted by Crippen LogP contribution is -2.48. The molecule has 122 valence electrons. The summed E-state index contributed by atoms with van der Waals surface area (Å²) in [4.78, 5) is 12.3. The third-order valence-corrected chi connectivity index (χ3v) is 4.42. The van der Waals surface area contributed by atoms with E-state index in [1.807, 2.05) is 30.3 Å². The number of nitrogens with one attached hydrogen (secondary N) is 2. The molecular formula is C17H26N2O3. The summed E-state index contributed by atoms with van der Waals surface area (Å²) in [6.45, 7) is 4.38. The second kappa shape index (κ2) is 7.72. The Morgan fingerprint density at radius 3 is 2.55 bits per heavy atom. The highest BCUT2D eigenvalue weighted by Crippen LogP contribution is 2.19. The van der Waals surface area contributed by atoms with Crippen LogP contribution < -0.4 is 10.6 Å². The first kappa shape index (κ1) is 16.9. The van der Waals surface area contributed by atoms with Crippen LogP contribution in [0.4, 0.5) is 0 Å². The van der Waals surface area contributed by atoms with Gasteiger partial charge in [0, 0.05) is 6.04 Å². The molecule has 0 unspecified atom stereocenters. The van der Waals surface area contributed by atoms with E-state index in [0.29, 0.717) is 0 Å². The van der Waals surface area contributed by atoms with Crippen molar-refractivity contribution in [2.24, 2.45) is 5.92 Å². The summed E-state index contributed by atoms with van der Waals surface area (Å²) in [6.07, 6.45) is 0.447. The van der Waals surface area contributed by atoms with Gasteiger partial charge in [0.2, 0.25) is 5.91 Å². The molecule has 5 atom stereocenters. The van der Waals surface area contributed by atoms with E-state index in [2.05, 4.69) is 10.6 Å². The Morgan fingerprint density at radius 2 is 1.95 bits per heavy atom. The molecule has 0 bridgehead atoms. The van der Waals surface area contributed by atoms with Gasteiger partial charge < -0.3 is 20.8 Å². The quantitative estimate of drug-likeness (QED) is 0.631. The second-order valence-electron chi connectivity index (χ2n) is 6.13. The first-order valence-electron chi connectivity index (χ1n) is 7.95. The average molecular weight is 306 g/mol. The van der Waals surface area contributed by atoms with Crippen LogP contribution in [0, 0.1) is 5.92 Å². The zero-order valence-electron chi connectivity index (χ0n) is 13.2. The molecule has 1 aliphatic rings. The topological polar surface area (TPSA) is 81.6 Å². The molecule has 0 aromatic heterocycles. The van der Waals surface area contributed by atoms with Crippen LogP contribution >= 0.6 is 0 Å². The molecule has 0 radical (unpaired) electrons. The van der Waals surface area contributed by atoms with Crippen LogP contribution in [-0.2, 0) is 4.79 Å². The molecule has 1 amide bonds. The van der Waals surface area contributed by atoms with E-state index in [1.54, 1.807) is 13.8 Å². The van der Waals surface area contributed by atoms with Crippen LogP contribution in [0.15, 0.2) is 30.3 Å². The first-order valence-corrected chi connectivity index (χ1v) is 7.95. The minimum absolute atomic E-state index is 0.0184. The van der Waals surface area contributed by atoms with Crippen LogP contribution in [0.1, 0.15) is 38.4 Å². The summed E-state index contributed by atoms with van der Waals surface area (Å²) < 4.78 is 0. The van der Waals surface area contributed by atoms with E-state index in [0.717, 1.165) is 24.9 Å². The Hall–Kier alpha value is -1.43. The van der Waals surface area contributed by atoms with Crippen LogP contribution in [0.25, 0.3) is 0 Å².